The van der Waals surface area contributed by atoms with Crippen LogP contribution in [0.2, 0.25) is 0 Å². The number of aromatic nitrogens is 2. The largest absolute Gasteiger partial charge is 0.480 e. The molecule has 0 bridgehead atoms. The van der Waals surface area contributed by atoms with Gasteiger partial charge < -0.3 is 9.52 Å². The normalized spacial score (nSPS) is 12.4. The van der Waals surface area contributed by atoms with Gasteiger partial charge in [-0.1, -0.05) is 17.8 Å². The molecule has 2 aromatic rings. The topological polar surface area (TPSA) is 76.2 Å². The zero-order valence-electron chi connectivity index (χ0n) is 10.9. The van der Waals surface area contributed by atoms with Gasteiger partial charge in [-0.3, -0.25) is 4.79 Å². The molecule has 1 N–H and O–H groups in total. The number of carbonyl (C=O) groups is 1. The van der Waals surface area contributed by atoms with E-state index in [9.17, 15) is 4.79 Å². The second kappa shape index (κ2) is 5.44. The van der Waals surface area contributed by atoms with E-state index in [2.05, 4.69) is 10.2 Å². The van der Waals surface area contributed by atoms with Crippen molar-refractivity contribution in [1.82, 2.24) is 10.2 Å². The SMILES string of the molecule is Cc1ccc(-c2nnc(SC(C)C(=O)O)o2)cc1C. The highest BCUT2D eigenvalue weighted by molar-refractivity contribution is 8.00. The number of thioether (sulfide) groups is 1. The molecule has 1 aromatic heterocycles. The second-order valence-corrected chi connectivity index (χ2v) is 5.56. The Morgan fingerprint density at radius 2 is 2.05 bits per heavy atom. The predicted octanol–water partition coefficient (Wildman–Crippen LogP) is 2.92. The molecule has 0 saturated carbocycles. The van der Waals surface area contributed by atoms with Gasteiger partial charge in [0, 0.05) is 5.56 Å². The van der Waals surface area contributed by atoms with Crippen LogP contribution in [0.5, 0.6) is 0 Å². The average molecular weight is 278 g/mol. The van der Waals surface area contributed by atoms with Crippen LogP contribution >= 0.6 is 11.8 Å². The summed E-state index contributed by atoms with van der Waals surface area (Å²) in [5.41, 5.74) is 3.17. The average Bonchev–Trinajstić information content (AvgIpc) is 2.81. The monoisotopic (exact) mass is 278 g/mol. The van der Waals surface area contributed by atoms with Crippen LogP contribution in [0.15, 0.2) is 27.8 Å². The number of carboxylic acid groups (broad SMARTS) is 1. The smallest absolute Gasteiger partial charge is 0.316 e. The summed E-state index contributed by atoms with van der Waals surface area (Å²) in [4.78, 5) is 10.8. The number of aryl methyl sites for hydroxylation is 2. The third kappa shape index (κ3) is 3.14. The predicted molar refractivity (Wildman–Crippen MR) is 72.2 cm³/mol. The zero-order valence-corrected chi connectivity index (χ0v) is 11.7. The van der Waals surface area contributed by atoms with Gasteiger partial charge in [-0.05, 0) is 44.0 Å². The summed E-state index contributed by atoms with van der Waals surface area (Å²) in [6, 6.07) is 5.87. The van der Waals surface area contributed by atoms with Gasteiger partial charge in [0.25, 0.3) is 5.22 Å². The van der Waals surface area contributed by atoms with Crippen molar-refractivity contribution < 1.29 is 14.3 Å². The Labute approximate surface area is 115 Å². The van der Waals surface area contributed by atoms with Crippen molar-refractivity contribution in [3.05, 3.63) is 29.3 Å². The van der Waals surface area contributed by atoms with Crippen molar-refractivity contribution in [2.75, 3.05) is 0 Å². The number of rotatable bonds is 4. The highest BCUT2D eigenvalue weighted by atomic mass is 32.2. The molecule has 0 aliphatic carbocycles. The van der Waals surface area contributed by atoms with Crippen molar-refractivity contribution in [3.63, 3.8) is 0 Å². The van der Waals surface area contributed by atoms with Crippen LogP contribution in [0.3, 0.4) is 0 Å². The number of aliphatic carboxylic acids is 1. The Balaban J connectivity index is 2.20. The molecule has 0 saturated heterocycles. The third-order valence-corrected chi connectivity index (χ3v) is 3.71. The molecular formula is C13H14N2O3S. The Morgan fingerprint density at radius 1 is 1.32 bits per heavy atom. The highest BCUT2D eigenvalue weighted by Gasteiger charge is 2.17. The first kappa shape index (κ1) is 13.6. The Morgan fingerprint density at radius 3 is 2.68 bits per heavy atom. The Hall–Kier alpha value is -1.82. The number of carboxylic acids is 1. The van der Waals surface area contributed by atoms with Crippen LogP contribution in [-0.4, -0.2) is 26.5 Å². The maximum atomic E-state index is 10.8. The first-order valence-electron chi connectivity index (χ1n) is 5.78. The summed E-state index contributed by atoms with van der Waals surface area (Å²) in [5, 5.41) is 16.3. The zero-order chi connectivity index (χ0) is 14.0. The van der Waals surface area contributed by atoms with E-state index in [1.165, 1.54) is 5.56 Å². The summed E-state index contributed by atoms with van der Waals surface area (Å²) in [7, 11) is 0. The molecule has 0 radical (unpaired) electrons. The first-order chi connectivity index (χ1) is 8.97. The van der Waals surface area contributed by atoms with E-state index in [4.69, 9.17) is 9.52 Å². The van der Waals surface area contributed by atoms with E-state index >= 15 is 0 Å². The maximum Gasteiger partial charge on any atom is 0.316 e. The van der Waals surface area contributed by atoms with Gasteiger partial charge in [0.15, 0.2) is 0 Å². The molecule has 5 nitrogen and oxygen atoms in total. The van der Waals surface area contributed by atoms with Crippen molar-refractivity contribution in [3.8, 4) is 11.5 Å². The number of benzene rings is 1. The quantitative estimate of drug-likeness (QED) is 0.866. The molecule has 6 heteroatoms. The molecular weight excluding hydrogens is 264 g/mol. The molecule has 1 aromatic carbocycles. The maximum absolute atomic E-state index is 10.8. The van der Waals surface area contributed by atoms with Gasteiger partial charge in [-0.15, -0.1) is 10.2 Å². The van der Waals surface area contributed by atoms with E-state index in [1.54, 1.807) is 6.92 Å². The number of hydrogen-bond donors (Lipinski definition) is 1. The molecule has 0 amide bonds. The van der Waals surface area contributed by atoms with Crippen LogP contribution in [0, 0.1) is 13.8 Å². The Bertz CT molecular complexity index is 610. The van der Waals surface area contributed by atoms with Gasteiger partial charge in [0.1, 0.15) is 5.25 Å². The first-order valence-corrected chi connectivity index (χ1v) is 6.66. The fourth-order valence-corrected chi connectivity index (χ4v) is 2.07. The molecule has 100 valence electrons. The lowest BCUT2D eigenvalue weighted by molar-refractivity contribution is -0.136. The molecule has 0 aliphatic heterocycles. The lowest BCUT2D eigenvalue weighted by atomic mass is 10.1. The van der Waals surface area contributed by atoms with Crippen molar-refractivity contribution in [2.45, 2.75) is 31.2 Å². The van der Waals surface area contributed by atoms with E-state index in [1.807, 2.05) is 32.0 Å². The minimum absolute atomic E-state index is 0.267. The van der Waals surface area contributed by atoms with E-state index in [-0.39, 0.29) is 5.22 Å². The second-order valence-electron chi connectivity index (χ2n) is 4.27. The minimum atomic E-state index is -0.907. The van der Waals surface area contributed by atoms with Gasteiger partial charge in [-0.2, -0.15) is 0 Å². The fraction of sp³-hybridized carbons (Fsp3) is 0.308. The number of hydrogen-bond acceptors (Lipinski definition) is 5. The fourth-order valence-electron chi connectivity index (χ4n) is 1.45. The standard InChI is InChI=1S/C13H14N2O3S/c1-7-4-5-10(6-8(7)2)11-14-15-13(18-11)19-9(3)12(16)17/h4-6,9H,1-3H3,(H,16,17). The summed E-state index contributed by atoms with van der Waals surface area (Å²) in [5.74, 6) is -0.501. The molecule has 1 unspecified atom stereocenters. The summed E-state index contributed by atoms with van der Waals surface area (Å²) in [6.07, 6.45) is 0. The Kier molecular flexibility index (Phi) is 3.90. The van der Waals surface area contributed by atoms with Gasteiger partial charge in [0.05, 0.1) is 0 Å². The van der Waals surface area contributed by atoms with Gasteiger partial charge in [-0.25, -0.2) is 0 Å². The van der Waals surface area contributed by atoms with Gasteiger partial charge >= 0.3 is 5.97 Å². The van der Waals surface area contributed by atoms with Crippen LogP contribution < -0.4 is 0 Å². The third-order valence-electron chi connectivity index (χ3n) is 2.79. The van der Waals surface area contributed by atoms with Crippen molar-refractivity contribution >= 4 is 17.7 Å². The van der Waals surface area contributed by atoms with Gasteiger partial charge in [0.2, 0.25) is 5.89 Å². The molecule has 0 aliphatic rings. The molecule has 19 heavy (non-hydrogen) atoms. The summed E-state index contributed by atoms with van der Waals surface area (Å²) < 4.78 is 5.46. The lowest BCUT2D eigenvalue weighted by Gasteiger charge is -2.01. The van der Waals surface area contributed by atoms with E-state index < -0.39 is 11.2 Å². The summed E-state index contributed by atoms with van der Waals surface area (Å²) >= 11 is 1.03. The molecule has 2 rings (SSSR count). The van der Waals surface area contributed by atoms with Crippen molar-refractivity contribution in [1.29, 1.82) is 0 Å². The van der Waals surface area contributed by atoms with Crippen molar-refractivity contribution in [2.24, 2.45) is 0 Å². The lowest BCUT2D eigenvalue weighted by Crippen LogP contribution is -2.10. The number of nitrogens with zero attached hydrogens (tertiary/aromatic N) is 2. The van der Waals surface area contributed by atoms with Crippen LogP contribution in [0.1, 0.15) is 18.1 Å². The highest BCUT2D eigenvalue weighted by Crippen LogP contribution is 2.27. The van der Waals surface area contributed by atoms with Crippen LogP contribution in [0.4, 0.5) is 0 Å². The van der Waals surface area contributed by atoms with Crippen LogP contribution in [0.25, 0.3) is 11.5 Å². The minimum Gasteiger partial charge on any atom is -0.480 e. The molecule has 0 fully saturated rings. The molecule has 1 heterocycles. The van der Waals surface area contributed by atoms with E-state index in [0.29, 0.717) is 5.89 Å². The summed E-state index contributed by atoms with van der Waals surface area (Å²) in [6.45, 7) is 5.62. The molecule has 0 spiro atoms. The molecule has 1 atom stereocenters. The van der Waals surface area contributed by atoms with E-state index in [0.717, 1.165) is 22.9 Å². The van der Waals surface area contributed by atoms with Crippen LogP contribution in [-0.2, 0) is 4.79 Å².